The van der Waals surface area contributed by atoms with Crippen LogP contribution in [0.2, 0.25) is 0 Å². The van der Waals surface area contributed by atoms with E-state index < -0.39 is 26.9 Å². The van der Waals surface area contributed by atoms with E-state index in [4.69, 9.17) is 0 Å². The number of hydrogen-bond donors (Lipinski definition) is 1. The van der Waals surface area contributed by atoms with Gasteiger partial charge in [0.2, 0.25) is 0 Å². The van der Waals surface area contributed by atoms with Crippen molar-refractivity contribution in [2.24, 2.45) is 0 Å². The highest BCUT2D eigenvalue weighted by Crippen LogP contribution is 2.22. The minimum Gasteiger partial charge on any atom is -0.465 e. The highest BCUT2D eigenvalue weighted by molar-refractivity contribution is 7.92. The number of ether oxygens (including phenoxy) is 2. The second-order valence-corrected chi connectivity index (χ2v) is 6.82. The first kappa shape index (κ1) is 19.8. The minimum atomic E-state index is -4.13. The fourth-order valence-corrected chi connectivity index (χ4v) is 3.16. The molecule has 1 N–H and O–H groups in total. The van der Waals surface area contributed by atoms with Crippen LogP contribution < -0.4 is 4.72 Å². The molecule has 0 fully saturated rings. The highest BCUT2D eigenvalue weighted by Gasteiger charge is 2.19. The number of anilines is 1. The molecule has 2 rings (SSSR count). The average Bonchev–Trinajstić information content (AvgIpc) is 2.66. The number of sulfonamides is 1. The van der Waals surface area contributed by atoms with Gasteiger partial charge in [0, 0.05) is 12.1 Å². The number of methoxy groups -OCH3 is 2. The molecule has 142 valence electrons. The van der Waals surface area contributed by atoms with Crippen LogP contribution >= 0.6 is 0 Å². The van der Waals surface area contributed by atoms with Gasteiger partial charge >= 0.3 is 11.9 Å². The highest BCUT2D eigenvalue weighted by atomic mass is 32.2. The average molecular weight is 394 g/mol. The molecule has 0 spiro atoms. The molecular formula is C16H14N2O8S. The predicted octanol–water partition coefficient (Wildman–Crippen LogP) is 1.97. The van der Waals surface area contributed by atoms with Crippen LogP contribution in [0.1, 0.15) is 20.7 Å². The summed E-state index contributed by atoms with van der Waals surface area (Å²) in [5.41, 5.74) is -0.491. The first-order chi connectivity index (χ1) is 12.7. The first-order valence-corrected chi connectivity index (χ1v) is 8.75. The lowest BCUT2D eigenvalue weighted by molar-refractivity contribution is -0.384. The molecule has 27 heavy (non-hydrogen) atoms. The van der Waals surface area contributed by atoms with Crippen molar-refractivity contribution < 1.29 is 32.4 Å². The molecule has 0 radical (unpaired) electrons. The molecule has 0 aliphatic rings. The summed E-state index contributed by atoms with van der Waals surface area (Å²) < 4.78 is 36.3. The van der Waals surface area contributed by atoms with Crippen LogP contribution in [0.25, 0.3) is 0 Å². The molecule has 0 aromatic heterocycles. The maximum Gasteiger partial charge on any atom is 0.337 e. The number of hydrogen-bond acceptors (Lipinski definition) is 8. The summed E-state index contributed by atoms with van der Waals surface area (Å²) in [6.07, 6.45) is 0. The molecule has 0 heterocycles. The quantitative estimate of drug-likeness (QED) is 0.445. The Morgan fingerprint density at radius 1 is 0.963 bits per heavy atom. The second-order valence-electron chi connectivity index (χ2n) is 5.14. The molecular weight excluding hydrogens is 380 g/mol. The van der Waals surface area contributed by atoms with Gasteiger partial charge in [-0.3, -0.25) is 14.8 Å². The summed E-state index contributed by atoms with van der Waals surface area (Å²) in [7, 11) is -1.87. The Morgan fingerprint density at radius 3 is 1.85 bits per heavy atom. The third kappa shape index (κ3) is 4.58. The number of carbonyl (C=O) groups is 2. The van der Waals surface area contributed by atoms with Crippen molar-refractivity contribution in [3.05, 3.63) is 63.7 Å². The third-order valence-corrected chi connectivity index (χ3v) is 4.78. The molecule has 0 saturated heterocycles. The fourth-order valence-electron chi connectivity index (χ4n) is 2.12. The van der Waals surface area contributed by atoms with Crippen molar-refractivity contribution in [2.45, 2.75) is 4.90 Å². The van der Waals surface area contributed by atoms with Gasteiger partial charge in [0.05, 0.1) is 40.9 Å². The number of nitro groups is 1. The van der Waals surface area contributed by atoms with E-state index in [2.05, 4.69) is 14.2 Å². The molecule has 0 bridgehead atoms. The van der Waals surface area contributed by atoms with E-state index in [0.29, 0.717) is 0 Å². The van der Waals surface area contributed by atoms with Gasteiger partial charge in [-0.05, 0) is 30.3 Å². The van der Waals surface area contributed by atoms with Gasteiger partial charge in [0.25, 0.3) is 15.7 Å². The lowest BCUT2D eigenvalue weighted by Gasteiger charge is -2.11. The van der Waals surface area contributed by atoms with Gasteiger partial charge in [-0.15, -0.1) is 0 Å². The largest absolute Gasteiger partial charge is 0.465 e. The zero-order valence-corrected chi connectivity index (χ0v) is 15.0. The zero-order chi connectivity index (χ0) is 20.2. The second kappa shape index (κ2) is 7.83. The van der Waals surface area contributed by atoms with Gasteiger partial charge in [-0.2, -0.15) is 0 Å². The molecule has 0 amide bonds. The van der Waals surface area contributed by atoms with E-state index in [0.717, 1.165) is 38.5 Å². The van der Waals surface area contributed by atoms with E-state index in [9.17, 15) is 28.1 Å². The van der Waals surface area contributed by atoms with Crippen LogP contribution in [-0.4, -0.2) is 39.5 Å². The Bertz CT molecular complexity index is 965. The SMILES string of the molecule is COC(=O)c1cc(NS(=O)(=O)c2ccc([N+](=O)[O-])cc2)cc(C(=O)OC)c1. The predicted molar refractivity (Wildman–Crippen MR) is 93.0 cm³/mol. The van der Waals surface area contributed by atoms with Crippen molar-refractivity contribution >= 4 is 33.3 Å². The van der Waals surface area contributed by atoms with Crippen LogP contribution in [0.15, 0.2) is 47.4 Å². The van der Waals surface area contributed by atoms with Crippen LogP contribution in [0.3, 0.4) is 0 Å². The number of non-ortho nitro benzene ring substituents is 1. The van der Waals surface area contributed by atoms with Crippen LogP contribution in [0, 0.1) is 10.1 Å². The van der Waals surface area contributed by atoms with Crippen LogP contribution in [-0.2, 0) is 19.5 Å². The van der Waals surface area contributed by atoms with Crippen molar-refractivity contribution in [2.75, 3.05) is 18.9 Å². The topological polar surface area (TPSA) is 142 Å². The number of carbonyl (C=O) groups excluding carboxylic acids is 2. The Labute approximate surface area is 153 Å². The van der Waals surface area contributed by atoms with E-state index in [1.165, 1.54) is 18.2 Å². The van der Waals surface area contributed by atoms with Crippen LogP contribution in [0.5, 0.6) is 0 Å². The number of nitrogens with zero attached hydrogens (tertiary/aromatic N) is 1. The monoisotopic (exact) mass is 394 g/mol. The molecule has 0 aliphatic carbocycles. The van der Waals surface area contributed by atoms with E-state index in [1.54, 1.807) is 0 Å². The van der Waals surface area contributed by atoms with Gasteiger partial charge in [-0.1, -0.05) is 0 Å². The molecule has 11 heteroatoms. The first-order valence-electron chi connectivity index (χ1n) is 7.27. The Balaban J connectivity index is 2.43. The summed E-state index contributed by atoms with van der Waals surface area (Å²) in [6.45, 7) is 0. The lowest BCUT2D eigenvalue weighted by atomic mass is 10.1. The molecule has 2 aromatic carbocycles. The van der Waals surface area contributed by atoms with Gasteiger partial charge < -0.3 is 9.47 Å². The molecule has 0 aliphatic heterocycles. The number of rotatable bonds is 6. The number of esters is 2. The van der Waals surface area contributed by atoms with Gasteiger partial charge in [-0.25, -0.2) is 18.0 Å². The smallest absolute Gasteiger partial charge is 0.337 e. The van der Waals surface area contributed by atoms with Crippen LogP contribution in [0.4, 0.5) is 11.4 Å². The van der Waals surface area contributed by atoms with Crippen molar-refractivity contribution in [3.63, 3.8) is 0 Å². The summed E-state index contributed by atoms with van der Waals surface area (Å²) in [6, 6.07) is 7.76. The maximum atomic E-state index is 12.5. The lowest BCUT2D eigenvalue weighted by Crippen LogP contribution is -2.15. The van der Waals surface area contributed by atoms with Crippen molar-refractivity contribution in [3.8, 4) is 0 Å². The molecule has 10 nitrogen and oxygen atoms in total. The molecule has 0 unspecified atom stereocenters. The third-order valence-electron chi connectivity index (χ3n) is 3.39. The molecule has 2 aromatic rings. The van der Waals surface area contributed by atoms with Crippen molar-refractivity contribution in [1.29, 1.82) is 0 Å². The Kier molecular flexibility index (Phi) is 5.75. The van der Waals surface area contributed by atoms with E-state index in [1.807, 2.05) is 0 Å². The van der Waals surface area contributed by atoms with E-state index in [-0.39, 0.29) is 27.4 Å². The van der Waals surface area contributed by atoms with E-state index >= 15 is 0 Å². The summed E-state index contributed by atoms with van der Waals surface area (Å²) >= 11 is 0. The summed E-state index contributed by atoms with van der Waals surface area (Å²) in [4.78, 5) is 33.3. The number of nitrogens with one attached hydrogen (secondary N) is 1. The fraction of sp³-hybridized carbons (Fsp3) is 0.125. The summed E-state index contributed by atoms with van der Waals surface area (Å²) in [5, 5.41) is 10.7. The molecule has 0 atom stereocenters. The zero-order valence-electron chi connectivity index (χ0n) is 14.2. The Morgan fingerprint density at radius 2 is 1.44 bits per heavy atom. The number of nitro benzene ring substituents is 1. The molecule has 0 saturated carbocycles. The van der Waals surface area contributed by atoms with Gasteiger partial charge in [0.1, 0.15) is 0 Å². The standard InChI is InChI=1S/C16H14N2O8S/c1-25-15(19)10-7-11(16(20)26-2)9-12(8-10)17-27(23,24)14-5-3-13(4-6-14)18(21)22/h3-9,17H,1-2H3. The summed E-state index contributed by atoms with van der Waals surface area (Å²) in [5.74, 6) is -1.56. The maximum absolute atomic E-state index is 12.5. The minimum absolute atomic E-state index is 0.0678. The normalized spacial score (nSPS) is 10.7. The number of benzene rings is 2. The van der Waals surface area contributed by atoms with Crippen molar-refractivity contribution in [1.82, 2.24) is 0 Å². The Hall–Kier alpha value is -3.47. The van der Waals surface area contributed by atoms with Gasteiger partial charge in [0.15, 0.2) is 0 Å².